The number of likely N-dealkylation sites (N-methyl/N-ethyl adjacent to an activating group) is 2. The SMILES string of the molecule is CC(C)CN=C(N)C1CN(C)CCCN1C. The molecule has 0 saturated carbocycles. The predicted molar refractivity (Wildman–Crippen MR) is 69.9 cm³/mol. The maximum Gasteiger partial charge on any atom is 0.112 e. The summed E-state index contributed by atoms with van der Waals surface area (Å²) in [7, 11) is 4.30. The molecular weight excluding hydrogens is 200 g/mol. The Morgan fingerprint density at radius 1 is 1.38 bits per heavy atom. The number of hydrogen-bond acceptors (Lipinski definition) is 3. The van der Waals surface area contributed by atoms with Crippen LogP contribution in [0.15, 0.2) is 4.99 Å². The molecule has 4 heteroatoms. The Hall–Kier alpha value is -0.610. The van der Waals surface area contributed by atoms with Crippen molar-refractivity contribution in [2.45, 2.75) is 26.3 Å². The van der Waals surface area contributed by atoms with E-state index in [2.05, 4.69) is 42.7 Å². The van der Waals surface area contributed by atoms with Crippen LogP contribution in [0.5, 0.6) is 0 Å². The van der Waals surface area contributed by atoms with Gasteiger partial charge in [0.15, 0.2) is 0 Å². The maximum absolute atomic E-state index is 6.10. The Labute approximate surface area is 99.5 Å². The van der Waals surface area contributed by atoms with E-state index in [1.165, 1.54) is 6.42 Å². The van der Waals surface area contributed by atoms with Gasteiger partial charge in [-0.1, -0.05) is 13.8 Å². The van der Waals surface area contributed by atoms with E-state index in [9.17, 15) is 0 Å². The Balaban J connectivity index is 2.63. The zero-order valence-corrected chi connectivity index (χ0v) is 11.1. The molecule has 0 aromatic heterocycles. The van der Waals surface area contributed by atoms with Crippen LogP contribution in [0.2, 0.25) is 0 Å². The minimum Gasteiger partial charge on any atom is -0.386 e. The van der Waals surface area contributed by atoms with E-state index >= 15 is 0 Å². The molecule has 1 rings (SSSR count). The standard InChI is InChI=1S/C12H26N4/c1-10(2)8-14-12(13)11-9-15(3)6-5-7-16(11)4/h10-11H,5-9H2,1-4H3,(H2,13,14). The monoisotopic (exact) mass is 226 g/mol. The van der Waals surface area contributed by atoms with Crippen LogP contribution >= 0.6 is 0 Å². The van der Waals surface area contributed by atoms with E-state index < -0.39 is 0 Å². The summed E-state index contributed by atoms with van der Waals surface area (Å²) in [5.41, 5.74) is 6.10. The summed E-state index contributed by atoms with van der Waals surface area (Å²) in [6.45, 7) is 8.41. The van der Waals surface area contributed by atoms with E-state index in [1.807, 2.05) is 0 Å². The summed E-state index contributed by atoms with van der Waals surface area (Å²) in [5, 5.41) is 0. The molecule has 16 heavy (non-hydrogen) atoms. The topological polar surface area (TPSA) is 44.9 Å². The van der Waals surface area contributed by atoms with Gasteiger partial charge >= 0.3 is 0 Å². The highest BCUT2D eigenvalue weighted by molar-refractivity contribution is 5.86. The normalized spacial score (nSPS) is 26.1. The predicted octanol–water partition coefficient (Wildman–Crippen LogP) is 0.636. The van der Waals surface area contributed by atoms with Crippen molar-refractivity contribution < 1.29 is 0 Å². The number of aliphatic imine (C=N–C) groups is 1. The minimum absolute atomic E-state index is 0.284. The van der Waals surface area contributed by atoms with E-state index in [1.54, 1.807) is 0 Å². The number of nitrogens with zero attached hydrogens (tertiary/aromatic N) is 3. The van der Waals surface area contributed by atoms with Crippen molar-refractivity contribution in [3.05, 3.63) is 0 Å². The van der Waals surface area contributed by atoms with Gasteiger partial charge in [0.1, 0.15) is 5.84 Å². The highest BCUT2D eigenvalue weighted by Gasteiger charge is 2.23. The van der Waals surface area contributed by atoms with Crippen LogP contribution < -0.4 is 5.73 Å². The first kappa shape index (κ1) is 13.5. The van der Waals surface area contributed by atoms with Crippen LogP contribution in [0.1, 0.15) is 20.3 Å². The first-order chi connectivity index (χ1) is 7.50. The van der Waals surface area contributed by atoms with Gasteiger partial charge in [0.05, 0.1) is 6.04 Å². The zero-order chi connectivity index (χ0) is 12.1. The number of rotatable bonds is 3. The van der Waals surface area contributed by atoms with Crippen LogP contribution in [0.3, 0.4) is 0 Å². The lowest BCUT2D eigenvalue weighted by Gasteiger charge is -2.27. The molecule has 1 unspecified atom stereocenters. The fourth-order valence-electron chi connectivity index (χ4n) is 1.98. The third-order valence-electron chi connectivity index (χ3n) is 3.05. The van der Waals surface area contributed by atoms with Gasteiger partial charge in [-0.25, -0.2) is 0 Å². The molecule has 1 saturated heterocycles. The Kier molecular flexibility index (Phi) is 5.22. The Bertz CT molecular complexity index is 237. The smallest absolute Gasteiger partial charge is 0.112 e. The molecule has 2 N–H and O–H groups in total. The summed E-state index contributed by atoms with van der Waals surface area (Å²) in [6, 6.07) is 0.284. The molecule has 0 bridgehead atoms. The molecule has 0 radical (unpaired) electrons. The van der Waals surface area contributed by atoms with Crippen LogP contribution in [-0.2, 0) is 0 Å². The quantitative estimate of drug-likeness (QED) is 0.567. The molecule has 1 fully saturated rings. The van der Waals surface area contributed by atoms with E-state index in [-0.39, 0.29) is 6.04 Å². The lowest BCUT2D eigenvalue weighted by atomic mass is 10.2. The second-order valence-electron chi connectivity index (χ2n) is 5.27. The average molecular weight is 226 g/mol. The molecule has 94 valence electrons. The second-order valence-corrected chi connectivity index (χ2v) is 5.27. The average Bonchev–Trinajstić information content (AvgIpc) is 2.37. The van der Waals surface area contributed by atoms with Gasteiger partial charge in [0, 0.05) is 13.1 Å². The molecule has 4 nitrogen and oxygen atoms in total. The van der Waals surface area contributed by atoms with E-state index in [0.717, 1.165) is 32.0 Å². The van der Waals surface area contributed by atoms with Crippen molar-refractivity contribution in [3.8, 4) is 0 Å². The molecule has 1 aliphatic rings. The first-order valence-electron chi connectivity index (χ1n) is 6.19. The van der Waals surface area contributed by atoms with Gasteiger partial charge in [-0.2, -0.15) is 0 Å². The van der Waals surface area contributed by atoms with Gasteiger partial charge in [-0.3, -0.25) is 9.89 Å². The summed E-state index contributed by atoms with van der Waals surface area (Å²) >= 11 is 0. The highest BCUT2D eigenvalue weighted by Crippen LogP contribution is 2.07. The van der Waals surface area contributed by atoms with Crippen LogP contribution in [0, 0.1) is 5.92 Å². The molecule has 1 aliphatic heterocycles. The lowest BCUT2D eigenvalue weighted by Crippen LogP contribution is -2.47. The van der Waals surface area contributed by atoms with Crippen molar-refractivity contribution >= 4 is 5.84 Å². The van der Waals surface area contributed by atoms with E-state index in [4.69, 9.17) is 5.73 Å². The van der Waals surface area contributed by atoms with Gasteiger partial charge < -0.3 is 10.6 Å². The van der Waals surface area contributed by atoms with Crippen LogP contribution in [0.25, 0.3) is 0 Å². The van der Waals surface area contributed by atoms with Crippen molar-refractivity contribution in [1.29, 1.82) is 0 Å². The van der Waals surface area contributed by atoms with Gasteiger partial charge in [0.25, 0.3) is 0 Å². The van der Waals surface area contributed by atoms with Gasteiger partial charge in [-0.15, -0.1) is 0 Å². The minimum atomic E-state index is 0.284. The van der Waals surface area contributed by atoms with Crippen LogP contribution in [0.4, 0.5) is 0 Å². The molecular formula is C12H26N4. The Morgan fingerprint density at radius 2 is 2.06 bits per heavy atom. The first-order valence-corrected chi connectivity index (χ1v) is 6.19. The van der Waals surface area contributed by atoms with Crippen LogP contribution in [-0.4, -0.2) is 62.0 Å². The summed E-state index contributed by atoms with van der Waals surface area (Å²) in [4.78, 5) is 9.16. The maximum atomic E-state index is 6.10. The molecule has 0 spiro atoms. The fourth-order valence-corrected chi connectivity index (χ4v) is 1.98. The molecule has 0 aromatic carbocycles. The largest absolute Gasteiger partial charge is 0.386 e. The van der Waals surface area contributed by atoms with Crippen molar-refractivity contribution in [1.82, 2.24) is 9.80 Å². The summed E-state index contributed by atoms with van der Waals surface area (Å²) < 4.78 is 0. The molecule has 0 amide bonds. The summed E-state index contributed by atoms with van der Waals surface area (Å²) in [6.07, 6.45) is 1.21. The molecule has 0 aliphatic carbocycles. The van der Waals surface area contributed by atoms with Gasteiger partial charge in [0.2, 0.25) is 0 Å². The van der Waals surface area contributed by atoms with E-state index in [0.29, 0.717) is 5.92 Å². The number of hydrogen-bond donors (Lipinski definition) is 1. The fraction of sp³-hybridized carbons (Fsp3) is 0.917. The highest BCUT2D eigenvalue weighted by atomic mass is 15.2. The number of nitrogens with two attached hydrogens (primary N) is 1. The molecule has 1 heterocycles. The summed E-state index contributed by atoms with van der Waals surface area (Å²) in [5.74, 6) is 1.37. The lowest BCUT2D eigenvalue weighted by molar-refractivity contribution is 0.277. The molecule has 1 atom stereocenters. The number of amidine groups is 1. The third kappa shape index (κ3) is 4.10. The van der Waals surface area contributed by atoms with Crippen molar-refractivity contribution in [2.75, 3.05) is 40.3 Å². The molecule has 0 aromatic rings. The van der Waals surface area contributed by atoms with Crippen molar-refractivity contribution in [2.24, 2.45) is 16.6 Å². The second kappa shape index (κ2) is 6.21. The Morgan fingerprint density at radius 3 is 2.69 bits per heavy atom. The van der Waals surface area contributed by atoms with Crippen molar-refractivity contribution in [3.63, 3.8) is 0 Å². The zero-order valence-electron chi connectivity index (χ0n) is 11.1. The van der Waals surface area contributed by atoms with Gasteiger partial charge in [-0.05, 0) is 39.5 Å². The third-order valence-corrected chi connectivity index (χ3v) is 3.05.